The number of benzene rings is 2. The van der Waals surface area contributed by atoms with Crippen LogP contribution in [0.15, 0.2) is 58.2 Å². The van der Waals surface area contributed by atoms with E-state index in [0.717, 1.165) is 21.4 Å². The zero-order chi connectivity index (χ0) is 19.7. The SMILES string of the molecule is CCSc1nnc2c(n1)O[C@H](c1ccccc1Br)N(C(C)=O)c1ccccc1-2. The van der Waals surface area contributed by atoms with Gasteiger partial charge in [0, 0.05) is 22.5 Å². The fourth-order valence-electron chi connectivity index (χ4n) is 3.12. The Morgan fingerprint density at radius 2 is 1.93 bits per heavy atom. The van der Waals surface area contributed by atoms with Crippen molar-refractivity contribution >= 4 is 39.3 Å². The molecule has 1 aromatic heterocycles. The van der Waals surface area contributed by atoms with E-state index in [1.807, 2.05) is 55.5 Å². The molecule has 0 aliphatic carbocycles. The van der Waals surface area contributed by atoms with Crippen LogP contribution in [-0.2, 0) is 4.79 Å². The Hall–Kier alpha value is -2.45. The minimum absolute atomic E-state index is 0.142. The third kappa shape index (κ3) is 3.38. The van der Waals surface area contributed by atoms with Crippen LogP contribution in [-0.4, -0.2) is 26.8 Å². The van der Waals surface area contributed by atoms with E-state index in [0.29, 0.717) is 22.4 Å². The number of carbonyl (C=O) groups excluding carboxylic acids is 1. The predicted octanol–water partition coefficient (Wildman–Crippen LogP) is 4.86. The highest BCUT2D eigenvalue weighted by atomic mass is 79.9. The molecule has 0 bridgehead atoms. The van der Waals surface area contributed by atoms with E-state index in [9.17, 15) is 4.79 Å². The molecule has 8 heteroatoms. The Balaban J connectivity index is 1.97. The number of ether oxygens (including phenoxy) is 1. The number of thioether (sulfide) groups is 1. The van der Waals surface area contributed by atoms with Gasteiger partial charge in [0.05, 0.1) is 5.69 Å². The van der Waals surface area contributed by atoms with Crippen molar-refractivity contribution in [3.8, 4) is 17.1 Å². The second-order valence-corrected chi connectivity index (χ2v) is 8.16. The van der Waals surface area contributed by atoms with Gasteiger partial charge in [-0.25, -0.2) is 0 Å². The van der Waals surface area contributed by atoms with E-state index in [4.69, 9.17) is 4.74 Å². The minimum Gasteiger partial charge on any atom is -0.447 e. The van der Waals surface area contributed by atoms with E-state index >= 15 is 0 Å². The average Bonchev–Trinajstić information content (AvgIpc) is 2.83. The number of anilines is 1. The molecule has 0 unspecified atom stereocenters. The summed E-state index contributed by atoms with van der Waals surface area (Å²) in [7, 11) is 0. The quantitative estimate of drug-likeness (QED) is 0.524. The molecule has 1 aliphatic heterocycles. The molecular weight excluding hydrogens is 440 g/mol. The van der Waals surface area contributed by atoms with E-state index in [1.165, 1.54) is 18.7 Å². The summed E-state index contributed by atoms with van der Waals surface area (Å²) in [6.45, 7) is 3.55. The topological polar surface area (TPSA) is 68.2 Å². The minimum atomic E-state index is -0.688. The van der Waals surface area contributed by atoms with Crippen molar-refractivity contribution < 1.29 is 9.53 Å². The van der Waals surface area contributed by atoms with Crippen molar-refractivity contribution in [2.24, 2.45) is 0 Å². The van der Waals surface area contributed by atoms with Crippen molar-refractivity contribution in [1.29, 1.82) is 0 Å². The molecule has 0 fully saturated rings. The predicted molar refractivity (Wildman–Crippen MR) is 112 cm³/mol. The van der Waals surface area contributed by atoms with Crippen LogP contribution in [0.2, 0.25) is 0 Å². The number of nitrogens with zero attached hydrogens (tertiary/aromatic N) is 4. The Morgan fingerprint density at radius 3 is 2.68 bits per heavy atom. The highest BCUT2D eigenvalue weighted by Gasteiger charge is 2.35. The van der Waals surface area contributed by atoms with E-state index in [-0.39, 0.29) is 5.91 Å². The molecule has 1 amide bonds. The number of para-hydroxylation sites is 1. The van der Waals surface area contributed by atoms with Crippen molar-refractivity contribution in [2.45, 2.75) is 25.2 Å². The molecule has 142 valence electrons. The standard InChI is InChI=1S/C20H17BrN4O2S/c1-3-28-20-22-18-17(23-24-20)14-9-5-7-11-16(14)25(12(2)26)19(27-18)13-8-4-6-10-15(13)21/h4-11,19H,3H2,1-2H3/t19-/m1/s1. The molecule has 4 rings (SSSR count). The van der Waals surface area contributed by atoms with Crippen LogP contribution < -0.4 is 9.64 Å². The molecule has 2 heterocycles. The maximum Gasteiger partial charge on any atom is 0.247 e. The molecule has 0 saturated carbocycles. The molecule has 3 aromatic rings. The molecule has 1 aliphatic rings. The molecule has 0 radical (unpaired) electrons. The maximum atomic E-state index is 12.7. The largest absolute Gasteiger partial charge is 0.447 e. The Labute approximate surface area is 175 Å². The number of hydrogen-bond donors (Lipinski definition) is 0. The van der Waals surface area contributed by atoms with Crippen molar-refractivity contribution in [3.05, 3.63) is 58.6 Å². The van der Waals surface area contributed by atoms with Crippen LogP contribution in [0.4, 0.5) is 5.69 Å². The monoisotopic (exact) mass is 456 g/mol. The summed E-state index contributed by atoms with van der Waals surface area (Å²) in [5, 5.41) is 9.13. The first-order valence-electron chi connectivity index (χ1n) is 8.78. The highest BCUT2D eigenvalue weighted by molar-refractivity contribution is 9.10. The first kappa shape index (κ1) is 18.9. The van der Waals surface area contributed by atoms with E-state index in [2.05, 4.69) is 31.1 Å². The second kappa shape index (κ2) is 7.89. The lowest BCUT2D eigenvalue weighted by molar-refractivity contribution is -0.118. The fraction of sp³-hybridized carbons (Fsp3) is 0.200. The molecule has 0 saturated heterocycles. The van der Waals surface area contributed by atoms with Crippen LogP contribution in [0.5, 0.6) is 5.88 Å². The normalized spacial score (nSPS) is 15.2. The lowest BCUT2D eigenvalue weighted by Crippen LogP contribution is -2.36. The summed E-state index contributed by atoms with van der Waals surface area (Å²) in [5.41, 5.74) is 2.82. The Kier molecular flexibility index (Phi) is 5.32. The third-order valence-corrected chi connectivity index (χ3v) is 5.74. The van der Waals surface area contributed by atoms with Gasteiger partial charge in [-0.2, -0.15) is 4.98 Å². The van der Waals surface area contributed by atoms with Gasteiger partial charge in [-0.05, 0) is 17.9 Å². The summed E-state index contributed by atoms with van der Waals surface area (Å²) < 4.78 is 7.16. The molecule has 1 atom stereocenters. The van der Waals surface area contributed by atoms with Crippen molar-refractivity contribution in [2.75, 3.05) is 10.7 Å². The smallest absolute Gasteiger partial charge is 0.247 e. The van der Waals surface area contributed by atoms with Gasteiger partial charge in [-0.15, -0.1) is 10.2 Å². The fourth-order valence-corrected chi connectivity index (χ4v) is 4.11. The summed E-state index contributed by atoms with van der Waals surface area (Å²) in [6.07, 6.45) is -0.688. The number of hydrogen-bond acceptors (Lipinski definition) is 6. The number of fused-ring (bicyclic) bond motifs is 3. The second-order valence-electron chi connectivity index (χ2n) is 6.08. The lowest BCUT2D eigenvalue weighted by atomic mass is 10.1. The maximum absolute atomic E-state index is 12.7. The van der Waals surface area contributed by atoms with Crippen LogP contribution in [0.25, 0.3) is 11.3 Å². The molecule has 2 aromatic carbocycles. The molecule has 28 heavy (non-hydrogen) atoms. The van der Waals surface area contributed by atoms with Gasteiger partial charge >= 0.3 is 0 Å². The Morgan fingerprint density at radius 1 is 1.18 bits per heavy atom. The average molecular weight is 457 g/mol. The summed E-state index contributed by atoms with van der Waals surface area (Å²) >= 11 is 5.07. The number of aromatic nitrogens is 3. The third-order valence-electron chi connectivity index (χ3n) is 4.30. The number of carbonyl (C=O) groups is 1. The first-order valence-corrected chi connectivity index (χ1v) is 10.6. The number of halogens is 1. The molecular formula is C20H17BrN4O2S. The number of amides is 1. The molecule has 6 nitrogen and oxygen atoms in total. The van der Waals surface area contributed by atoms with Gasteiger partial charge in [0.2, 0.25) is 23.2 Å². The zero-order valence-corrected chi connectivity index (χ0v) is 17.7. The van der Waals surface area contributed by atoms with Gasteiger partial charge in [-0.1, -0.05) is 71.0 Å². The van der Waals surface area contributed by atoms with Gasteiger partial charge < -0.3 is 4.74 Å². The summed E-state index contributed by atoms with van der Waals surface area (Å²) in [5.74, 6) is 1.05. The van der Waals surface area contributed by atoms with Gasteiger partial charge in [-0.3, -0.25) is 9.69 Å². The lowest BCUT2D eigenvalue weighted by Gasteiger charge is -2.30. The number of rotatable bonds is 3. The van der Waals surface area contributed by atoms with E-state index in [1.54, 1.807) is 4.90 Å². The van der Waals surface area contributed by atoms with Crippen LogP contribution >= 0.6 is 27.7 Å². The summed E-state index contributed by atoms with van der Waals surface area (Å²) in [6, 6.07) is 15.3. The Bertz CT molecular complexity index is 1050. The van der Waals surface area contributed by atoms with Crippen molar-refractivity contribution in [3.63, 3.8) is 0 Å². The summed E-state index contributed by atoms with van der Waals surface area (Å²) in [4.78, 5) is 18.9. The van der Waals surface area contributed by atoms with Crippen LogP contribution in [0, 0.1) is 0 Å². The highest BCUT2D eigenvalue weighted by Crippen LogP contribution is 2.44. The van der Waals surface area contributed by atoms with Gasteiger partial charge in [0.25, 0.3) is 0 Å². The van der Waals surface area contributed by atoms with Gasteiger partial charge in [0.15, 0.2) is 5.69 Å². The van der Waals surface area contributed by atoms with Crippen LogP contribution in [0.1, 0.15) is 25.6 Å². The van der Waals surface area contributed by atoms with Crippen molar-refractivity contribution in [1.82, 2.24) is 15.2 Å². The van der Waals surface area contributed by atoms with Crippen LogP contribution in [0.3, 0.4) is 0 Å². The van der Waals surface area contributed by atoms with Gasteiger partial charge in [0.1, 0.15) is 0 Å². The first-order chi connectivity index (χ1) is 13.6. The zero-order valence-electron chi connectivity index (χ0n) is 15.3. The molecule has 0 spiro atoms. The molecule has 0 N–H and O–H groups in total. The van der Waals surface area contributed by atoms with E-state index < -0.39 is 6.23 Å².